The van der Waals surface area contributed by atoms with Crippen LogP contribution in [0.25, 0.3) is 0 Å². The van der Waals surface area contributed by atoms with Gasteiger partial charge in [0.15, 0.2) is 0 Å². The molecule has 1 aromatic rings. The first-order valence-electron chi connectivity index (χ1n) is 8.77. The molecule has 2 heteroatoms. The Bertz CT molecular complexity index is 460. The molecule has 0 aromatic heterocycles. The molecule has 1 N–H and O–H groups in total. The van der Waals surface area contributed by atoms with Crippen LogP contribution in [-0.4, -0.2) is 6.17 Å². The minimum absolute atomic E-state index is 0.354. The van der Waals surface area contributed by atoms with Gasteiger partial charge in [-0.05, 0) is 28.9 Å². The van der Waals surface area contributed by atoms with E-state index >= 15 is 0 Å². The van der Waals surface area contributed by atoms with Crippen molar-refractivity contribution in [1.82, 2.24) is 5.32 Å². The maximum Gasteiger partial charge on any atom is 0.105 e. The fourth-order valence-electron chi connectivity index (χ4n) is 2.93. The molecule has 2 rings (SSSR count). The molecule has 1 aromatic carbocycles. The second kappa shape index (κ2) is 8.26. The second-order valence-electron chi connectivity index (χ2n) is 6.67. The number of anilines is 1. The van der Waals surface area contributed by atoms with Gasteiger partial charge in [0.2, 0.25) is 0 Å². The summed E-state index contributed by atoms with van der Waals surface area (Å²) in [5.74, 6) is 1.63. The predicted molar refractivity (Wildman–Crippen MR) is 99.3 cm³/mol. The third-order valence-corrected chi connectivity index (χ3v) is 4.03. The number of rotatable bonds is 4. The molecular weight excluding hydrogens is 268 g/mol. The van der Waals surface area contributed by atoms with Gasteiger partial charge in [0.05, 0.1) is 0 Å². The lowest BCUT2D eigenvalue weighted by Gasteiger charge is -2.33. The zero-order chi connectivity index (χ0) is 16.9. The lowest BCUT2D eigenvalue weighted by atomic mass is 9.91. The van der Waals surface area contributed by atoms with Gasteiger partial charge in [-0.25, -0.2) is 0 Å². The SMILES string of the molecule is CC.CC(C)c1cccc(C(C)C)c1N1C=CNC1C(C)C. The molecule has 0 fully saturated rings. The van der Waals surface area contributed by atoms with Crippen molar-refractivity contribution in [2.45, 2.75) is 73.4 Å². The van der Waals surface area contributed by atoms with E-state index in [2.05, 4.69) is 82.4 Å². The highest BCUT2D eigenvalue weighted by molar-refractivity contribution is 5.65. The molecule has 2 nitrogen and oxygen atoms in total. The van der Waals surface area contributed by atoms with Gasteiger partial charge in [-0.15, -0.1) is 0 Å². The first-order chi connectivity index (χ1) is 10.4. The number of para-hydroxylation sites is 1. The standard InChI is InChI=1S/C18H28N2.C2H6/c1-12(2)15-8-7-9-16(13(3)4)17(15)20-11-10-19-18(20)14(5)6;1-2/h7-14,18-19H,1-6H3;1-2H3. The summed E-state index contributed by atoms with van der Waals surface area (Å²) in [5.41, 5.74) is 4.28. The molecule has 1 aliphatic rings. The van der Waals surface area contributed by atoms with Crippen molar-refractivity contribution in [2.24, 2.45) is 5.92 Å². The lowest BCUT2D eigenvalue weighted by Crippen LogP contribution is -2.40. The van der Waals surface area contributed by atoms with Crippen molar-refractivity contribution in [2.75, 3.05) is 4.90 Å². The molecule has 0 spiro atoms. The Morgan fingerprint density at radius 1 is 0.909 bits per heavy atom. The van der Waals surface area contributed by atoms with Crippen molar-refractivity contribution in [3.05, 3.63) is 41.7 Å². The lowest BCUT2D eigenvalue weighted by molar-refractivity contribution is 0.461. The minimum atomic E-state index is 0.354. The monoisotopic (exact) mass is 302 g/mol. The molecule has 1 atom stereocenters. The van der Waals surface area contributed by atoms with E-state index in [-0.39, 0.29) is 0 Å². The first-order valence-corrected chi connectivity index (χ1v) is 8.77. The van der Waals surface area contributed by atoms with Crippen LogP contribution in [0.4, 0.5) is 5.69 Å². The summed E-state index contributed by atoms with van der Waals surface area (Å²) in [6.45, 7) is 17.7. The van der Waals surface area contributed by atoms with Crippen molar-refractivity contribution in [1.29, 1.82) is 0 Å². The minimum Gasteiger partial charge on any atom is -0.369 e. The topological polar surface area (TPSA) is 15.3 Å². The molecule has 0 aliphatic carbocycles. The molecule has 1 aliphatic heterocycles. The van der Waals surface area contributed by atoms with E-state index in [1.807, 2.05) is 13.8 Å². The molecular formula is C20H34N2. The number of nitrogens with zero attached hydrogens (tertiary/aromatic N) is 1. The first kappa shape index (κ1) is 18.6. The molecule has 0 bridgehead atoms. The van der Waals surface area contributed by atoms with Crippen LogP contribution in [0.1, 0.15) is 78.4 Å². The average molecular weight is 303 g/mol. The Hall–Kier alpha value is -1.44. The van der Waals surface area contributed by atoms with Crippen molar-refractivity contribution >= 4 is 5.69 Å². The molecule has 0 saturated carbocycles. The maximum absolute atomic E-state index is 3.48. The van der Waals surface area contributed by atoms with E-state index in [4.69, 9.17) is 0 Å². The summed E-state index contributed by atoms with van der Waals surface area (Å²) in [4.78, 5) is 2.43. The third-order valence-electron chi connectivity index (χ3n) is 4.03. The molecule has 22 heavy (non-hydrogen) atoms. The zero-order valence-corrected chi connectivity index (χ0v) is 15.6. The van der Waals surface area contributed by atoms with Crippen LogP contribution in [0.15, 0.2) is 30.6 Å². The largest absolute Gasteiger partial charge is 0.369 e. The smallest absolute Gasteiger partial charge is 0.105 e. The normalized spacial score (nSPS) is 17.0. The van der Waals surface area contributed by atoms with Crippen LogP contribution in [0.5, 0.6) is 0 Å². The van der Waals surface area contributed by atoms with Gasteiger partial charge < -0.3 is 10.2 Å². The van der Waals surface area contributed by atoms with Gasteiger partial charge in [-0.3, -0.25) is 0 Å². The van der Waals surface area contributed by atoms with Gasteiger partial charge in [-0.1, -0.05) is 73.6 Å². The highest BCUT2D eigenvalue weighted by Gasteiger charge is 2.27. The van der Waals surface area contributed by atoms with Crippen molar-refractivity contribution < 1.29 is 0 Å². The van der Waals surface area contributed by atoms with E-state index in [1.165, 1.54) is 16.8 Å². The predicted octanol–water partition coefficient (Wildman–Crippen LogP) is 5.82. The van der Waals surface area contributed by atoms with Crippen LogP contribution in [-0.2, 0) is 0 Å². The van der Waals surface area contributed by atoms with Gasteiger partial charge in [0.1, 0.15) is 6.17 Å². The Labute approximate surface area is 137 Å². The van der Waals surface area contributed by atoms with E-state index in [1.54, 1.807) is 0 Å². The summed E-state index contributed by atoms with van der Waals surface area (Å²) in [6.07, 6.45) is 4.62. The molecule has 1 heterocycles. The Balaban J connectivity index is 0.00000116. The number of benzene rings is 1. The summed E-state index contributed by atoms with van der Waals surface area (Å²) < 4.78 is 0. The van der Waals surface area contributed by atoms with E-state index < -0.39 is 0 Å². The summed E-state index contributed by atoms with van der Waals surface area (Å²) >= 11 is 0. The van der Waals surface area contributed by atoms with E-state index in [0.717, 1.165) is 0 Å². The Kier molecular flexibility index (Phi) is 6.99. The maximum atomic E-state index is 3.48. The van der Waals surface area contributed by atoms with Crippen LogP contribution in [0.2, 0.25) is 0 Å². The number of nitrogens with one attached hydrogen (secondary N) is 1. The van der Waals surface area contributed by atoms with Crippen LogP contribution in [0, 0.1) is 5.92 Å². The van der Waals surface area contributed by atoms with Gasteiger partial charge >= 0.3 is 0 Å². The molecule has 1 unspecified atom stereocenters. The second-order valence-corrected chi connectivity index (χ2v) is 6.67. The van der Waals surface area contributed by atoms with E-state index in [9.17, 15) is 0 Å². The van der Waals surface area contributed by atoms with E-state index in [0.29, 0.717) is 23.9 Å². The van der Waals surface area contributed by atoms with Crippen molar-refractivity contribution in [3.63, 3.8) is 0 Å². The third kappa shape index (κ3) is 3.85. The quantitative estimate of drug-likeness (QED) is 0.753. The molecule has 0 saturated heterocycles. The molecule has 0 amide bonds. The van der Waals surface area contributed by atoms with Crippen LogP contribution < -0.4 is 10.2 Å². The summed E-state index contributed by atoms with van der Waals surface area (Å²) in [7, 11) is 0. The number of hydrogen-bond donors (Lipinski definition) is 1. The number of hydrogen-bond acceptors (Lipinski definition) is 2. The molecule has 0 radical (unpaired) electrons. The Morgan fingerprint density at radius 2 is 1.41 bits per heavy atom. The van der Waals surface area contributed by atoms with Gasteiger partial charge in [-0.2, -0.15) is 0 Å². The van der Waals surface area contributed by atoms with Gasteiger partial charge in [0, 0.05) is 18.1 Å². The van der Waals surface area contributed by atoms with Crippen LogP contribution >= 0.6 is 0 Å². The summed E-state index contributed by atoms with van der Waals surface area (Å²) in [6, 6.07) is 6.75. The fourth-order valence-corrected chi connectivity index (χ4v) is 2.93. The fraction of sp³-hybridized carbons (Fsp3) is 0.600. The Morgan fingerprint density at radius 3 is 1.82 bits per heavy atom. The van der Waals surface area contributed by atoms with Gasteiger partial charge in [0.25, 0.3) is 0 Å². The highest BCUT2D eigenvalue weighted by atomic mass is 15.3. The summed E-state index contributed by atoms with van der Waals surface area (Å²) in [5, 5.41) is 3.48. The van der Waals surface area contributed by atoms with Crippen LogP contribution in [0.3, 0.4) is 0 Å². The zero-order valence-electron chi connectivity index (χ0n) is 15.6. The highest BCUT2D eigenvalue weighted by Crippen LogP contribution is 2.38. The average Bonchev–Trinajstić information content (AvgIpc) is 2.97. The molecule has 124 valence electrons. The van der Waals surface area contributed by atoms with Crippen molar-refractivity contribution in [3.8, 4) is 0 Å².